The molecule has 1 aliphatic rings. The van der Waals surface area contributed by atoms with E-state index in [0.29, 0.717) is 51.3 Å². The van der Waals surface area contributed by atoms with Crippen molar-refractivity contribution in [2.45, 2.75) is 142 Å². The number of carbonyl (C=O) groups excluding carboxylic acids is 3. The fourth-order valence-electron chi connectivity index (χ4n) is 4.83. The lowest BCUT2D eigenvalue weighted by Crippen LogP contribution is -2.64. The summed E-state index contributed by atoms with van der Waals surface area (Å²) < 4.78 is 17.3. The molecule has 0 radical (unpaired) electrons. The van der Waals surface area contributed by atoms with Gasteiger partial charge in [-0.1, -0.05) is 26.7 Å². The Morgan fingerprint density at radius 1 is 0.952 bits per heavy atom. The van der Waals surface area contributed by atoms with E-state index in [0.717, 1.165) is 32.1 Å². The SMILES string of the molecule is CCC(CC(C)CNC(=O)CCCC(=O)NCCCCCCOC1OC(CO)C(O)C(O)C1NC(C)=O)OC(C)(C)C. The summed E-state index contributed by atoms with van der Waals surface area (Å²) in [4.78, 5) is 35.8. The van der Waals surface area contributed by atoms with Crippen LogP contribution in [0.3, 0.4) is 0 Å². The molecule has 7 unspecified atom stereocenters. The van der Waals surface area contributed by atoms with Crippen LogP contribution in [0.25, 0.3) is 0 Å². The van der Waals surface area contributed by atoms with Crippen molar-refractivity contribution in [2.75, 3.05) is 26.3 Å². The Morgan fingerprint density at radius 3 is 2.19 bits per heavy atom. The van der Waals surface area contributed by atoms with Crippen LogP contribution in [-0.2, 0) is 28.6 Å². The van der Waals surface area contributed by atoms with Crippen LogP contribution < -0.4 is 16.0 Å². The summed E-state index contributed by atoms with van der Waals surface area (Å²) in [5.74, 6) is -0.203. The number of aliphatic hydroxyl groups excluding tert-OH is 3. The first-order valence-electron chi connectivity index (χ1n) is 15.5. The molecule has 1 saturated heterocycles. The van der Waals surface area contributed by atoms with E-state index in [2.05, 4.69) is 29.8 Å². The molecule has 0 spiro atoms. The van der Waals surface area contributed by atoms with E-state index < -0.39 is 43.2 Å². The summed E-state index contributed by atoms with van der Waals surface area (Å²) in [5, 5.41) is 38.1. The topological polar surface area (TPSA) is 176 Å². The zero-order chi connectivity index (χ0) is 31.7. The number of hydrogen-bond acceptors (Lipinski definition) is 9. The molecule has 246 valence electrons. The Morgan fingerprint density at radius 2 is 1.60 bits per heavy atom. The standard InChI is InChI=1S/C30H57N3O9/c1-7-22(42-30(4,5)6)17-20(2)18-32-25(37)14-12-13-24(36)31-15-10-8-9-11-16-40-29-26(33-21(3)35)28(39)27(38)23(19-34)41-29/h20,22-23,26-29,34,38-39H,7-19H2,1-6H3,(H,31,36)(H,32,37)(H,33,35). The van der Waals surface area contributed by atoms with Crippen molar-refractivity contribution >= 4 is 17.7 Å². The van der Waals surface area contributed by atoms with Gasteiger partial charge in [0.1, 0.15) is 24.4 Å². The van der Waals surface area contributed by atoms with Crippen molar-refractivity contribution in [1.29, 1.82) is 0 Å². The third-order valence-corrected chi connectivity index (χ3v) is 7.02. The number of carbonyl (C=O) groups is 3. The molecule has 3 amide bonds. The van der Waals surface area contributed by atoms with E-state index in [9.17, 15) is 29.7 Å². The highest BCUT2D eigenvalue weighted by molar-refractivity contribution is 5.78. The van der Waals surface area contributed by atoms with Gasteiger partial charge >= 0.3 is 0 Å². The highest BCUT2D eigenvalue weighted by atomic mass is 16.7. The van der Waals surface area contributed by atoms with Crippen LogP contribution >= 0.6 is 0 Å². The predicted octanol–water partition coefficient (Wildman–Crippen LogP) is 1.53. The van der Waals surface area contributed by atoms with Crippen LogP contribution in [0.4, 0.5) is 0 Å². The summed E-state index contributed by atoms with van der Waals surface area (Å²) in [5.41, 5.74) is -0.186. The van der Waals surface area contributed by atoms with Crippen LogP contribution in [0.1, 0.15) is 99.3 Å². The minimum atomic E-state index is -1.34. The summed E-state index contributed by atoms with van der Waals surface area (Å²) in [6.45, 7) is 12.6. The molecular weight excluding hydrogens is 546 g/mol. The first-order chi connectivity index (χ1) is 19.8. The zero-order valence-electron chi connectivity index (χ0n) is 26.5. The second-order valence-electron chi connectivity index (χ2n) is 12.3. The molecule has 42 heavy (non-hydrogen) atoms. The highest BCUT2D eigenvalue weighted by Gasteiger charge is 2.45. The van der Waals surface area contributed by atoms with Gasteiger partial charge in [-0.05, 0) is 58.8 Å². The van der Waals surface area contributed by atoms with E-state index >= 15 is 0 Å². The van der Waals surface area contributed by atoms with Gasteiger partial charge < -0.3 is 45.5 Å². The minimum absolute atomic E-state index is 0.0405. The van der Waals surface area contributed by atoms with Crippen LogP contribution in [0.15, 0.2) is 0 Å². The molecule has 1 rings (SSSR count). The molecule has 1 heterocycles. The van der Waals surface area contributed by atoms with Gasteiger partial charge in [0.15, 0.2) is 6.29 Å². The molecule has 7 atom stereocenters. The number of nitrogens with one attached hydrogen (secondary N) is 3. The van der Waals surface area contributed by atoms with Crippen molar-refractivity contribution in [3.8, 4) is 0 Å². The smallest absolute Gasteiger partial charge is 0.220 e. The van der Waals surface area contributed by atoms with Gasteiger partial charge in [0.05, 0.1) is 18.3 Å². The first-order valence-corrected chi connectivity index (χ1v) is 15.5. The molecule has 0 aromatic carbocycles. The van der Waals surface area contributed by atoms with Crippen molar-refractivity contribution in [2.24, 2.45) is 5.92 Å². The number of aliphatic hydroxyl groups is 3. The van der Waals surface area contributed by atoms with Gasteiger partial charge in [0.25, 0.3) is 0 Å². The monoisotopic (exact) mass is 603 g/mol. The Labute approximate surface area is 251 Å². The molecule has 0 bridgehead atoms. The summed E-state index contributed by atoms with van der Waals surface area (Å²) in [7, 11) is 0. The van der Waals surface area contributed by atoms with E-state index in [1.165, 1.54) is 6.92 Å². The zero-order valence-corrected chi connectivity index (χ0v) is 26.5. The van der Waals surface area contributed by atoms with Gasteiger partial charge in [-0.3, -0.25) is 14.4 Å². The highest BCUT2D eigenvalue weighted by Crippen LogP contribution is 2.23. The number of unbranched alkanes of at least 4 members (excludes halogenated alkanes) is 3. The fourth-order valence-corrected chi connectivity index (χ4v) is 4.83. The molecule has 0 saturated carbocycles. The Hall–Kier alpha value is -1.83. The molecule has 6 N–H and O–H groups in total. The van der Waals surface area contributed by atoms with Crippen LogP contribution in [0.5, 0.6) is 0 Å². The molecule has 0 aliphatic carbocycles. The van der Waals surface area contributed by atoms with Gasteiger partial charge in [-0.2, -0.15) is 0 Å². The summed E-state index contributed by atoms with van der Waals surface area (Å²) in [6, 6.07) is -0.947. The van der Waals surface area contributed by atoms with E-state index in [1.54, 1.807) is 0 Å². The fraction of sp³-hybridized carbons (Fsp3) is 0.900. The maximum absolute atomic E-state index is 12.2. The van der Waals surface area contributed by atoms with Crippen molar-refractivity contribution in [3.05, 3.63) is 0 Å². The third-order valence-electron chi connectivity index (χ3n) is 7.02. The Bertz CT molecular complexity index is 792. The van der Waals surface area contributed by atoms with E-state index in [4.69, 9.17) is 14.2 Å². The maximum Gasteiger partial charge on any atom is 0.220 e. The quantitative estimate of drug-likeness (QED) is 0.113. The number of hydrogen-bond donors (Lipinski definition) is 6. The van der Waals surface area contributed by atoms with Gasteiger partial charge in [-0.15, -0.1) is 0 Å². The molecule has 1 fully saturated rings. The second kappa shape index (κ2) is 20.2. The van der Waals surface area contributed by atoms with Crippen LogP contribution in [0.2, 0.25) is 0 Å². The largest absolute Gasteiger partial charge is 0.394 e. The van der Waals surface area contributed by atoms with Gasteiger partial charge in [-0.25, -0.2) is 0 Å². The van der Waals surface area contributed by atoms with Gasteiger partial charge in [0.2, 0.25) is 17.7 Å². The summed E-state index contributed by atoms with van der Waals surface area (Å²) >= 11 is 0. The molecule has 0 aromatic heterocycles. The lowest BCUT2D eigenvalue weighted by atomic mass is 9.97. The maximum atomic E-state index is 12.2. The minimum Gasteiger partial charge on any atom is -0.394 e. The second-order valence-corrected chi connectivity index (χ2v) is 12.3. The average Bonchev–Trinajstić information content (AvgIpc) is 2.91. The summed E-state index contributed by atoms with van der Waals surface area (Å²) in [6.07, 6.45) is 1.64. The van der Waals surface area contributed by atoms with Crippen molar-refractivity contribution in [1.82, 2.24) is 16.0 Å². The lowest BCUT2D eigenvalue weighted by molar-refractivity contribution is -0.270. The van der Waals surface area contributed by atoms with Crippen molar-refractivity contribution < 1.29 is 43.9 Å². The number of rotatable bonds is 20. The molecule has 0 aromatic rings. The molecule has 12 nitrogen and oxygen atoms in total. The van der Waals surface area contributed by atoms with Gasteiger partial charge in [0, 0.05) is 39.5 Å². The van der Waals surface area contributed by atoms with Crippen molar-refractivity contribution in [3.63, 3.8) is 0 Å². The first kappa shape index (κ1) is 38.2. The Kier molecular flexibility index (Phi) is 18.4. The molecule has 1 aliphatic heterocycles. The average molecular weight is 604 g/mol. The van der Waals surface area contributed by atoms with Crippen LogP contribution in [-0.4, -0.2) is 102 Å². The molecular formula is C30H57N3O9. The number of ether oxygens (including phenoxy) is 3. The van der Waals surface area contributed by atoms with E-state index in [1.807, 2.05) is 20.8 Å². The predicted molar refractivity (Wildman–Crippen MR) is 158 cm³/mol. The molecule has 12 heteroatoms. The normalized spacial score (nSPS) is 24.1. The number of amides is 3. The van der Waals surface area contributed by atoms with Crippen LogP contribution in [0, 0.1) is 5.92 Å². The lowest BCUT2D eigenvalue weighted by Gasteiger charge is -2.42. The third kappa shape index (κ3) is 16.1. The Balaban J connectivity index is 2.13. The van der Waals surface area contributed by atoms with E-state index in [-0.39, 0.29) is 23.5 Å².